The van der Waals surface area contributed by atoms with Gasteiger partial charge in [-0.05, 0) is 41.1 Å². The van der Waals surface area contributed by atoms with Gasteiger partial charge in [-0.15, -0.1) is 0 Å². The molecular weight excluding hydrogens is 932 g/mol. The molecule has 2 amide bonds. The van der Waals surface area contributed by atoms with Gasteiger partial charge in [0.2, 0.25) is 0 Å². The number of methoxy groups -OCH3 is 2. The van der Waals surface area contributed by atoms with E-state index in [9.17, 15) is 32.7 Å². The standard InChI is InChI=1S/C47H37Cl2F3N8O8/c1-56-35-21-37(68-3)36(67-2)20-33(35)54-32(42(56)63)15-16-57-44(65)58-17-14-28-34(60(58)45(57)66)19-30-41(62)59(55-40-31(49)18-25(22-53-40)47(50,51)52)43(64)46(30,24-9-11-26(48)12-10-24)38(28)29-13-8-23-6-4-5-7-27(23)39(29)61/h4-14,18,20-22,30,34,38,61H,15-17,19H2,1-3H3,(H,53,55). The molecule has 1 saturated heterocycles. The number of carbonyl (C=O) groups excluding carboxylic acids is 2. The van der Waals surface area contributed by atoms with E-state index in [2.05, 4.69) is 15.4 Å². The fraction of sp³-hybridized carbons (Fsp3) is 0.255. The van der Waals surface area contributed by atoms with Crippen LogP contribution in [0.25, 0.3) is 21.8 Å². The van der Waals surface area contributed by atoms with Gasteiger partial charge in [-0.3, -0.25) is 19.8 Å². The Labute approximate surface area is 391 Å². The fourth-order valence-corrected chi connectivity index (χ4v) is 10.6. The maximum absolute atomic E-state index is 15.6. The van der Waals surface area contributed by atoms with Crippen LogP contribution in [0.15, 0.2) is 111 Å². The number of benzene rings is 4. The number of hydrogen-bond donors (Lipinski definition) is 2. The molecule has 348 valence electrons. The first kappa shape index (κ1) is 44.5. The number of aryl methyl sites for hydroxylation is 2. The van der Waals surface area contributed by atoms with Gasteiger partial charge in [-0.1, -0.05) is 77.8 Å². The van der Waals surface area contributed by atoms with Crippen molar-refractivity contribution in [2.24, 2.45) is 13.0 Å². The molecule has 0 radical (unpaired) electrons. The van der Waals surface area contributed by atoms with Gasteiger partial charge in [-0.25, -0.2) is 33.5 Å². The predicted octanol–water partition coefficient (Wildman–Crippen LogP) is 6.52. The number of nitrogens with zero attached hydrogens (tertiary/aromatic N) is 7. The molecule has 5 heterocycles. The lowest BCUT2D eigenvalue weighted by Crippen LogP contribution is -2.53. The van der Waals surface area contributed by atoms with Crippen LogP contribution in [-0.4, -0.2) is 64.6 Å². The van der Waals surface area contributed by atoms with E-state index < -0.39 is 74.6 Å². The molecule has 68 heavy (non-hydrogen) atoms. The molecule has 3 aromatic heterocycles. The average Bonchev–Trinajstić information content (AvgIpc) is 3.69. The molecule has 2 fully saturated rings. The van der Waals surface area contributed by atoms with E-state index in [-0.39, 0.29) is 42.9 Å². The van der Waals surface area contributed by atoms with Gasteiger partial charge in [0.05, 0.1) is 59.8 Å². The van der Waals surface area contributed by atoms with Gasteiger partial charge in [0.25, 0.3) is 17.4 Å². The van der Waals surface area contributed by atoms with Crippen LogP contribution < -0.4 is 31.8 Å². The first-order valence-electron chi connectivity index (χ1n) is 21.1. The minimum Gasteiger partial charge on any atom is -0.507 e. The summed E-state index contributed by atoms with van der Waals surface area (Å²) in [7, 11) is 4.48. The summed E-state index contributed by atoms with van der Waals surface area (Å²) in [6.45, 7) is -0.442. The monoisotopic (exact) mass is 968 g/mol. The van der Waals surface area contributed by atoms with Crippen LogP contribution in [0.1, 0.15) is 40.8 Å². The minimum absolute atomic E-state index is 0.0639. The lowest BCUT2D eigenvalue weighted by atomic mass is 9.53. The first-order valence-corrected chi connectivity index (χ1v) is 21.8. The molecule has 3 aliphatic rings. The number of fused-ring (bicyclic) bond motifs is 6. The summed E-state index contributed by atoms with van der Waals surface area (Å²) in [6.07, 6.45) is -2.97. The quantitative estimate of drug-likeness (QED) is 0.119. The number of ether oxygens (including phenoxy) is 2. The smallest absolute Gasteiger partial charge is 0.417 e. The van der Waals surface area contributed by atoms with Gasteiger partial charge in [0, 0.05) is 60.2 Å². The zero-order valence-corrected chi connectivity index (χ0v) is 37.6. The van der Waals surface area contributed by atoms with Crippen LogP contribution in [-0.2, 0) is 47.7 Å². The normalized spacial score (nSPS) is 20.0. The van der Waals surface area contributed by atoms with E-state index in [1.807, 2.05) is 0 Å². The topological polar surface area (TPSA) is 185 Å². The number of rotatable bonds is 9. The summed E-state index contributed by atoms with van der Waals surface area (Å²) >= 11 is 12.7. The number of phenolic OH excluding ortho intramolecular Hbond substituents is 1. The molecule has 4 aromatic carbocycles. The molecular formula is C47H37Cl2F3N8O8. The minimum atomic E-state index is -4.80. The number of nitrogens with one attached hydrogen (secondary N) is 1. The van der Waals surface area contributed by atoms with Crippen LogP contribution in [0, 0.1) is 5.92 Å². The van der Waals surface area contributed by atoms with Crippen molar-refractivity contribution in [3.05, 3.63) is 160 Å². The largest absolute Gasteiger partial charge is 0.507 e. The van der Waals surface area contributed by atoms with Crippen LogP contribution in [0.4, 0.5) is 19.0 Å². The first-order chi connectivity index (χ1) is 32.5. The summed E-state index contributed by atoms with van der Waals surface area (Å²) in [5.41, 5.74) is -0.591. The second-order valence-electron chi connectivity index (χ2n) is 16.7. The molecule has 4 unspecified atom stereocenters. The number of anilines is 1. The van der Waals surface area contributed by atoms with Crippen molar-refractivity contribution in [2.45, 2.75) is 49.5 Å². The fourth-order valence-electron chi connectivity index (χ4n) is 10.2. The highest BCUT2D eigenvalue weighted by Crippen LogP contribution is 2.63. The Bertz CT molecular complexity index is 3510. The Kier molecular flexibility index (Phi) is 10.6. The van der Waals surface area contributed by atoms with E-state index >= 15 is 9.59 Å². The lowest BCUT2D eigenvalue weighted by molar-refractivity contribution is -0.139. The highest BCUT2D eigenvalue weighted by Gasteiger charge is 2.69. The van der Waals surface area contributed by atoms with Crippen LogP contribution in [0.2, 0.25) is 10.0 Å². The van der Waals surface area contributed by atoms with Crippen LogP contribution in [0.3, 0.4) is 0 Å². The van der Waals surface area contributed by atoms with E-state index in [1.165, 1.54) is 40.3 Å². The highest BCUT2D eigenvalue weighted by molar-refractivity contribution is 6.33. The third kappa shape index (κ3) is 6.61. The predicted molar refractivity (Wildman–Crippen MR) is 243 cm³/mol. The molecule has 2 aliphatic heterocycles. The Hall–Kier alpha value is -7.38. The SMILES string of the molecule is COc1cc2nc(CCn3c(=O)n4n(c3=O)C3CC5C(=O)N(Nc6ncc(C(F)(F)F)cc6Cl)C(=O)C5(c5ccc(Cl)cc5)C(c5ccc6ccccc6c5O)C3=CC4)c(=O)n(C)c2cc1OC. The number of amides is 2. The number of halogens is 5. The molecule has 2 N–H and O–H groups in total. The molecule has 21 heteroatoms. The molecule has 10 rings (SSSR count). The summed E-state index contributed by atoms with van der Waals surface area (Å²) < 4.78 is 56.6. The number of phenols is 1. The summed E-state index contributed by atoms with van der Waals surface area (Å²) in [6, 6.07) is 19.4. The number of imide groups is 1. The van der Waals surface area contributed by atoms with Crippen molar-refractivity contribution in [2.75, 3.05) is 19.6 Å². The van der Waals surface area contributed by atoms with E-state index in [0.717, 1.165) is 4.57 Å². The lowest BCUT2D eigenvalue weighted by Gasteiger charge is -2.49. The number of hydrogen-bond acceptors (Lipinski definition) is 11. The number of aromatic nitrogens is 6. The molecule has 7 aromatic rings. The van der Waals surface area contributed by atoms with Crippen LogP contribution in [0.5, 0.6) is 17.2 Å². The number of alkyl halides is 3. The van der Waals surface area contributed by atoms with E-state index in [1.54, 1.807) is 73.8 Å². The third-order valence-electron chi connectivity index (χ3n) is 13.4. The van der Waals surface area contributed by atoms with Crippen LogP contribution >= 0.6 is 23.2 Å². The van der Waals surface area contributed by atoms with Gasteiger partial charge >= 0.3 is 17.6 Å². The maximum Gasteiger partial charge on any atom is 0.417 e. The van der Waals surface area contributed by atoms with Crippen molar-refractivity contribution in [1.82, 2.24) is 33.5 Å². The second-order valence-corrected chi connectivity index (χ2v) is 17.5. The maximum atomic E-state index is 15.6. The number of allylic oxidation sites excluding steroid dienone is 2. The number of hydrazine groups is 1. The van der Waals surface area contributed by atoms with Gasteiger partial charge in [-0.2, -0.15) is 18.2 Å². The molecule has 16 nitrogen and oxygen atoms in total. The van der Waals surface area contributed by atoms with Crippen molar-refractivity contribution in [3.63, 3.8) is 0 Å². The zero-order chi connectivity index (χ0) is 48.1. The number of aromatic hydroxyl groups is 1. The summed E-state index contributed by atoms with van der Waals surface area (Å²) in [4.78, 5) is 81.8. The molecule has 0 bridgehead atoms. The average molecular weight is 970 g/mol. The summed E-state index contributed by atoms with van der Waals surface area (Å²) in [5, 5.41) is 13.8. The molecule has 1 saturated carbocycles. The highest BCUT2D eigenvalue weighted by atomic mass is 35.5. The van der Waals surface area contributed by atoms with Crippen molar-refractivity contribution in [1.29, 1.82) is 0 Å². The Morgan fingerprint density at radius 2 is 1.65 bits per heavy atom. The van der Waals surface area contributed by atoms with E-state index in [0.29, 0.717) is 66.7 Å². The van der Waals surface area contributed by atoms with E-state index in [4.69, 9.17) is 32.7 Å². The summed E-state index contributed by atoms with van der Waals surface area (Å²) in [5.74, 6) is -4.19. The van der Waals surface area contributed by atoms with Crippen molar-refractivity contribution < 1.29 is 37.3 Å². The van der Waals surface area contributed by atoms with Crippen molar-refractivity contribution in [3.8, 4) is 17.2 Å². The molecule has 1 aliphatic carbocycles. The van der Waals surface area contributed by atoms with Crippen molar-refractivity contribution >= 4 is 62.6 Å². The van der Waals surface area contributed by atoms with Gasteiger partial charge < -0.3 is 19.1 Å². The number of carbonyl (C=O) groups is 2. The zero-order valence-electron chi connectivity index (χ0n) is 36.0. The number of pyridine rings is 1. The third-order valence-corrected chi connectivity index (χ3v) is 13.9. The van der Waals surface area contributed by atoms with Gasteiger partial charge in [0.1, 0.15) is 11.4 Å². The molecule has 0 spiro atoms. The Balaban J connectivity index is 1.12. The molecule has 4 atom stereocenters. The van der Waals surface area contributed by atoms with Gasteiger partial charge in [0.15, 0.2) is 17.3 Å². The second kappa shape index (κ2) is 16.2. The Morgan fingerprint density at radius 1 is 0.926 bits per heavy atom. The Morgan fingerprint density at radius 3 is 2.35 bits per heavy atom.